The smallest absolute Gasteiger partial charge is 0.373 e. The van der Waals surface area contributed by atoms with Gasteiger partial charge in [-0.15, -0.1) is 0 Å². The molecule has 0 spiro atoms. The van der Waals surface area contributed by atoms with Crippen LogP contribution >= 0.6 is 0 Å². The number of carbonyl (C=O) groups is 2. The van der Waals surface area contributed by atoms with Crippen LogP contribution in [0.3, 0.4) is 0 Å². The summed E-state index contributed by atoms with van der Waals surface area (Å²) in [5, 5.41) is 7.56. The minimum Gasteiger partial charge on any atom is -0.463 e. The number of ether oxygens (including phenoxy) is 1. The Balaban J connectivity index is 1.38. The van der Waals surface area contributed by atoms with Gasteiger partial charge in [-0.1, -0.05) is 0 Å². The summed E-state index contributed by atoms with van der Waals surface area (Å²) < 4.78 is 14.9. The molecule has 1 aromatic carbocycles. The van der Waals surface area contributed by atoms with E-state index in [2.05, 4.69) is 20.0 Å². The number of fused-ring (bicyclic) bond motifs is 1. The lowest BCUT2D eigenvalue weighted by Crippen LogP contribution is -2.35. The molecule has 0 aliphatic carbocycles. The third-order valence-electron chi connectivity index (χ3n) is 4.80. The third kappa shape index (κ3) is 3.74. The monoisotopic (exact) mass is 384 g/mol. The Morgan fingerprint density at radius 2 is 1.93 bits per heavy atom. The van der Waals surface area contributed by atoms with E-state index in [1.807, 2.05) is 4.90 Å². The molecular weight excluding hydrogens is 364 g/mol. The summed E-state index contributed by atoms with van der Waals surface area (Å²) in [6.07, 6.45) is 0.851. The molecule has 3 heterocycles. The first-order valence-corrected chi connectivity index (χ1v) is 9.05. The SMILES string of the molecule is COC(=O)c1ccc(CN2CCCN(C(=O)c3ccc4nonc4c3)CC2)o1. The molecule has 28 heavy (non-hydrogen) atoms. The van der Waals surface area contributed by atoms with Gasteiger partial charge in [0.05, 0.1) is 13.7 Å². The minimum atomic E-state index is -0.488. The predicted octanol–water partition coefficient (Wildman–Crippen LogP) is 1.95. The van der Waals surface area contributed by atoms with Gasteiger partial charge in [-0.25, -0.2) is 9.42 Å². The number of methoxy groups -OCH3 is 1. The van der Waals surface area contributed by atoms with Crippen LogP contribution in [0.5, 0.6) is 0 Å². The van der Waals surface area contributed by atoms with Gasteiger partial charge < -0.3 is 14.1 Å². The molecule has 146 valence electrons. The van der Waals surface area contributed by atoms with Crippen LogP contribution in [-0.2, 0) is 11.3 Å². The zero-order valence-corrected chi connectivity index (χ0v) is 15.5. The highest BCUT2D eigenvalue weighted by atomic mass is 16.6. The zero-order chi connectivity index (χ0) is 19.5. The number of rotatable bonds is 4. The number of esters is 1. The van der Waals surface area contributed by atoms with Crippen molar-refractivity contribution in [3.8, 4) is 0 Å². The van der Waals surface area contributed by atoms with Crippen molar-refractivity contribution in [1.29, 1.82) is 0 Å². The summed E-state index contributed by atoms with van der Waals surface area (Å²) in [6.45, 7) is 3.42. The Labute approximate surface area is 160 Å². The maximum atomic E-state index is 12.9. The molecule has 0 N–H and O–H groups in total. The highest BCUT2D eigenvalue weighted by Crippen LogP contribution is 2.17. The van der Waals surface area contributed by atoms with Gasteiger partial charge in [0.25, 0.3) is 5.91 Å². The second-order valence-corrected chi connectivity index (χ2v) is 6.65. The first-order valence-electron chi connectivity index (χ1n) is 9.05. The van der Waals surface area contributed by atoms with E-state index in [0.29, 0.717) is 48.5 Å². The third-order valence-corrected chi connectivity index (χ3v) is 4.80. The topological polar surface area (TPSA) is 102 Å². The van der Waals surface area contributed by atoms with E-state index in [4.69, 9.17) is 9.05 Å². The summed E-state index contributed by atoms with van der Waals surface area (Å²) in [5.41, 5.74) is 1.77. The van der Waals surface area contributed by atoms with E-state index in [1.165, 1.54) is 7.11 Å². The van der Waals surface area contributed by atoms with Gasteiger partial charge >= 0.3 is 5.97 Å². The van der Waals surface area contributed by atoms with E-state index in [0.717, 1.165) is 13.0 Å². The lowest BCUT2D eigenvalue weighted by atomic mass is 10.1. The number of aromatic nitrogens is 2. The van der Waals surface area contributed by atoms with Gasteiger partial charge in [0.1, 0.15) is 16.8 Å². The average Bonchev–Trinajstić information content (AvgIpc) is 3.31. The molecule has 3 aromatic rings. The van der Waals surface area contributed by atoms with Crippen LogP contribution in [0, 0.1) is 0 Å². The Hall–Kier alpha value is -3.20. The van der Waals surface area contributed by atoms with Gasteiger partial charge in [-0.3, -0.25) is 9.69 Å². The van der Waals surface area contributed by atoms with Crippen LogP contribution in [0.4, 0.5) is 0 Å². The fourth-order valence-electron chi connectivity index (χ4n) is 3.32. The molecule has 0 unspecified atom stereocenters. The van der Waals surface area contributed by atoms with Crippen molar-refractivity contribution >= 4 is 22.9 Å². The molecule has 4 rings (SSSR count). The second kappa shape index (κ2) is 7.81. The van der Waals surface area contributed by atoms with Gasteiger partial charge in [-0.2, -0.15) is 0 Å². The van der Waals surface area contributed by atoms with Crippen LogP contribution in [-0.4, -0.2) is 65.3 Å². The van der Waals surface area contributed by atoms with Crippen molar-refractivity contribution < 1.29 is 23.4 Å². The Morgan fingerprint density at radius 1 is 1.07 bits per heavy atom. The summed E-state index contributed by atoms with van der Waals surface area (Å²) in [5.74, 6) is 0.377. The highest BCUT2D eigenvalue weighted by molar-refractivity contribution is 5.97. The zero-order valence-electron chi connectivity index (χ0n) is 15.5. The molecular formula is C19H20N4O5. The molecule has 9 heteroatoms. The van der Waals surface area contributed by atoms with Gasteiger partial charge in [0.2, 0.25) is 5.76 Å². The number of furan rings is 1. The summed E-state index contributed by atoms with van der Waals surface area (Å²) in [7, 11) is 1.32. The second-order valence-electron chi connectivity index (χ2n) is 6.65. The van der Waals surface area contributed by atoms with Crippen LogP contribution in [0.25, 0.3) is 11.0 Å². The van der Waals surface area contributed by atoms with Crippen molar-refractivity contribution in [1.82, 2.24) is 20.1 Å². The predicted molar refractivity (Wildman–Crippen MR) is 97.6 cm³/mol. The fraction of sp³-hybridized carbons (Fsp3) is 0.368. The van der Waals surface area contributed by atoms with Crippen molar-refractivity contribution in [2.45, 2.75) is 13.0 Å². The normalized spacial score (nSPS) is 15.5. The maximum absolute atomic E-state index is 12.9. The van der Waals surface area contributed by atoms with Crippen molar-refractivity contribution in [3.63, 3.8) is 0 Å². The van der Waals surface area contributed by atoms with Crippen molar-refractivity contribution in [2.24, 2.45) is 0 Å². The van der Waals surface area contributed by atoms with E-state index < -0.39 is 5.97 Å². The van der Waals surface area contributed by atoms with Crippen LogP contribution in [0.1, 0.15) is 33.1 Å². The maximum Gasteiger partial charge on any atom is 0.373 e. The number of hydrogen-bond donors (Lipinski definition) is 0. The molecule has 0 saturated carbocycles. The Morgan fingerprint density at radius 3 is 2.79 bits per heavy atom. The van der Waals surface area contributed by atoms with Gasteiger partial charge in [0.15, 0.2) is 0 Å². The fourth-order valence-corrected chi connectivity index (χ4v) is 3.32. The van der Waals surface area contributed by atoms with Gasteiger partial charge in [0, 0.05) is 31.7 Å². The lowest BCUT2D eigenvalue weighted by molar-refractivity contribution is 0.0560. The van der Waals surface area contributed by atoms with Crippen LogP contribution in [0.15, 0.2) is 39.4 Å². The first-order chi connectivity index (χ1) is 13.6. The number of benzene rings is 1. The number of amides is 1. The molecule has 1 aliphatic rings. The van der Waals surface area contributed by atoms with Crippen molar-refractivity contribution in [2.75, 3.05) is 33.3 Å². The first kappa shape index (κ1) is 18.2. The quantitative estimate of drug-likeness (QED) is 0.629. The molecule has 9 nitrogen and oxygen atoms in total. The minimum absolute atomic E-state index is 0.0299. The van der Waals surface area contributed by atoms with Crippen LogP contribution in [0.2, 0.25) is 0 Å². The Kier molecular flexibility index (Phi) is 5.07. The van der Waals surface area contributed by atoms with Gasteiger partial charge in [-0.05, 0) is 47.1 Å². The van der Waals surface area contributed by atoms with E-state index in [9.17, 15) is 9.59 Å². The molecule has 1 saturated heterocycles. The van der Waals surface area contributed by atoms with E-state index in [-0.39, 0.29) is 11.7 Å². The highest BCUT2D eigenvalue weighted by Gasteiger charge is 2.22. The molecule has 1 aliphatic heterocycles. The Bertz CT molecular complexity index is 995. The van der Waals surface area contributed by atoms with Crippen molar-refractivity contribution in [3.05, 3.63) is 47.4 Å². The summed E-state index contributed by atoms with van der Waals surface area (Å²) in [6, 6.07) is 8.58. The average molecular weight is 384 g/mol. The van der Waals surface area contributed by atoms with Crippen LogP contribution < -0.4 is 0 Å². The standard InChI is InChI=1S/C19H20N4O5/c1-26-19(25)17-6-4-14(27-17)12-22-7-2-8-23(10-9-22)18(24)13-3-5-15-16(11-13)21-28-20-15/h3-6,11H,2,7-10,12H2,1H3. The molecule has 1 amide bonds. The lowest BCUT2D eigenvalue weighted by Gasteiger charge is -2.21. The molecule has 0 atom stereocenters. The molecule has 1 fully saturated rings. The van der Waals surface area contributed by atoms with E-state index >= 15 is 0 Å². The number of nitrogens with zero attached hydrogens (tertiary/aromatic N) is 4. The molecule has 2 aromatic heterocycles. The largest absolute Gasteiger partial charge is 0.463 e. The molecule has 0 bridgehead atoms. The van der Waals surface area contributed by atoms with E-state index in [1.54, 1.807) is 30.3 Å². The summed E-state index contributed by atoms with van der Waals surface area (Å²) >= 11 is 0. The molecule has 0 radical (unpaired) electrons. The number of carbonyl (C=O) groups excluding carboxylic acids is 2. The summed E-state index contributed by atoms with van der Waals surface area (Å²) in [4.78, 5) is 28.4. The number of hydrogen-bond acceptors (Lipinski definition) is 8.